The molecule has 0 aromatic heterocycles. The van der Waals surface area contributed by atoms with Crippen LogP contribution in [0.2, 0.25) is 0 Å². The second-order valence-corrected chi connectivity index (χ2v) is 6.55. The number of carbonyl (C=O) groups is 3. The third-order valence-corrected chi connectivity index (χ3v) is 4.60. The van der Waals surface area contributed by atoms with Crippen molar-refractivity contribution in [3.8, 4) is 0 Å². The lowest BCUT2D eigenvalue weighted by atomic mass is 9.82. The fourth-order valence-electron chi connectivity index (χ4n) is 2.72. The van der Waals surface area contributed by atoms with Gasteiger partial charge < -0.3 is 4.74 Å². The fourth-order valence-corrected chi connectivity index (χ4v) is 3.05. The van der Waals surface area contributed by atoms with Gasteiger partial charge in [-0.25, -0.2) is 4.39 Å². The molecule has 1 aromatic rings. The number of hydrazine groups is 1. The summed E-state index contributed by atoms with van der Waals surface area (Å²) < 4.78 is 18.9. The van der Waals surface area contributed by atoms with Gasteiger partial charge in [0.15, 0.2) is 0 Å². The predicted octanol–water partition coefficient (Wildman–Crippen LogP) is 2.33. The zero-order valence-electron chi connectivity index (χ0n) is 13.1. The largest absolute Gasteiger partial charge is 0.469 e. The van der Waals surface area contributed by atoms with Gasteiger partial charge in [0.25, 0.3) is 5.91 Å². The number of hydrogen-bond acceptors (Lipinski definition) is 4. The van der Waals surface area contributed by atoms with Crippen LogP contribution in [0, 0.1) is 17.7 Å². The van der Waals surface area contributed by atoms with E-state index in [9.17, 15) is 18.8 Å². The standard InChI is InChI=1S/C16H18BrFN2O4/c1-24-16(23)10-4-2-9(3-5-10)14(21)19-20-15(22)12-7-6-11(17)8-13(12)18/h6-10H,2-5H2,1H3,(H,19,21)(H,20,22). The number of benzene rings is 1. The zero-order valence-corrected chi connectivity index (χ0v) is 14.7. The van der Waals surface area contributed by atoms with Crippen LogP contribution in [0.5, 0.6) is 0 Å². The maximum absolute atomic E-state index is 13.7. The van der Waals surface area contributed by atoms with Crippen molar-refractivity contribution in [2.75, 3.05) is 7.11 Å². The van der Waals surface area contributed by atoms with E-state index in [1.54, 1.807) is 0 Å². The first-order chi connectivity index (χ1) is 11.4. The van der Waals surface area contributed by atoms with Crippen LogP contribution in [0.15, 0.2) is 22.7 Å². The van der Waals surface area contributed by atoms with Gasteiger partial charge in [0.1, 0.15) is 5.82 Å². The van der Waals surface area contributed by atoms with Gasteiger partial charge in [0.2, 0.25) is 5.91 Å². The monoisotopic (exact) mass is 400 g/mol. The van der Waals surface area contributed by atoms with E-state index in [0.29, 0.717) is 30.2 Å². The molecule has 8 heteroatoms. The van der Waals surface area contributed by atoms with E-state index in [2.05, 4.69) is 26.8 Å². The first-order valence-corrected chi connectivity index (χ1v) is 8.34. The molecule has 24 heavy (non-hydrogen) atoms. The second kappa shape index (κ2) is 8.23. The Morgan fingerprint density at radius 3 is 2.33 bits per heavy atom. The van der Waals surface area contributed by atoms with E-state index >= 15 is 0 Å². The fraction of sp³-hybridized carbons (Fsp3) is 0.438. The molecule has 6 nitrogen and oxygen atoms in total. The van der Waals surface area contributed by atoms with Gasteiger partial charge in [-0.3, -0.25) is 25.2 Å². The molecule has 130 valence electrons. The quantitative estimate of drug-likeness (QED) is 0.602. The predicted molar refractivity (Wildman–Crippen MR) is 87.2 cm³/mol. The SMILES string of the molecule is COC(=O)C1CCC(C(=O)NNC(=O)c2ccc(Br)cc2F)CC1. The molecule has 0 saturated heterocycles. The van der Waals surface area contributed by atoms with E-state index in [1.807, 2.05) is 0 Å². The molecule has 1 fully saturated rings. The number of methoxy groups -OCH3 is 1. The highest BCUT2D eigenvalue weighted by Crippen LogP contribution is 2.29. The number of ether oxygens (including phenoxy) is 1. The van der Waals surface area contributed by atoms with E-state index < -0.39 is 11.7 Å². The summed E-state index contributed by atoms with van der Waals surface area (Å²) in [4.78, 5) is 35.4. The molecule has 0 radical (unpaired) electrons. The summed E-state index contributed by atoms with van der Waals surface area (Å²) in [5, 5.41) is 0. The lowest BCUT2D eigenvalue weighted by Crippen LogP contribution is -2.45. The van der Waals surface area contributed by atoms with E-state index in [-0.39, 0.29) is 29.3 Å². The molecule has 0 spiro atoms. The first kappa shape index (κ1) is 18.4. The number of hydrogen-bond donors (Lipinski definition) is 2. The van der Waals surface area contributed by atoms with Crippen LogP contribution in [0.4, 0.5) is 4.39 Å². The molecule has 1 saturated carbocycles. The highest BCUT2D eigenvalue weighted by Gasteiger charge is 2.30. The Bertz CT molecular complexity index is 645. The number of rotatable bonds is 3. The number of halogens is 2. The van der Waals surface area contributed by atoms with E-state index in [4.69, 9.17) is 4.74 Å². The number of nitrogens with one attached hydrogen (secondary N) is 2. The van der Waals surface area contributed by atoms with Gasteiger partial charge >= 0.3 is 5.97 Å². The Morgan fingerprint density at radius 1 is 1.12 bits per heavy atom. The summed E-state index contributed by atoms with van der Waals surface area (Å²) in [6.45, 7) is 0. The molecule has 0 unspecified atom stereocenters. The Hall–Kier alpha value is -1.96. The van der Waals surface area contributed by atoms with Crippen LogP contribution in [0.3, 0.4) is 0 Å². The van der Waals surface area contributed by atoms with Crippen LogP contribution in [-0.4, -0.2) is 24.9 Å². The molecule has 1 aliphatic rings. The summed E-state index contributed by atoms with van der Waals surface area (Å²) in [5.74, 6) is -2.48. The zero-order chi connectivity index (χ0) is 17.7. The maximum atomic E-state index is 13.7. The van der Waals surface area contributed by atoms with Gasteiger partial charge in [-0.15, -0.1) is 0 Å². The van der Waals surface area contributed by atoms with E-state index in [0.717, 1.165) is 0 Å². The smallest absolute Gasteiger partial charge is 0.308 e. The van der Waals surface area contributed by atoms with Crippen molar-refractivity contribution in [3.63, 3.8) is 0 Å². The minimum absolute atomic E-state index is 0.159. The molecular weight excluding hydrogens is 383 g/mol. The molecule has 2 rings (SSSR count). The second-order valence-electron chi connectivity index (χ2n) is 5.64. The molecule has 0 heterocycles. The lowest BCUT2D eigenvalue weighted by Gasteiger charge is -2.26. The summed E-state index contributed by atoms with van der Waals surface area (Å²) in [7, 11) is 1.35. The number of esters is 1. The van der Waals surface area contributed by atoms with Crippen molar-refractivity contribution < 1.29 is 23.5 Å². The lowest BCUT2D eigenvalue weighted by molar-refractivity contribution is -0.147. The van der Waals surface area contributed by atoms with Crippen LogP contribution >= 0.6 is 15.9 Å². The van der Waals surface area contributed by atoms with Crippen LogP contribution in [0.25, 0.3) is 0 Å². The van der Waals surface area contributed by atoms with Crippen molar-refractivity contribution in [2.45, 2.75) is 25.7 Å². The normalized spacial score (nSPS) is 20.1. The molecular formula is C16H18BrFN2O4. The number of carbonyl (C=O) groups excluding carboxylic acids is 3. The molecule has 0 aliphatic heterocycles. The molecule has 2 amide bonds. The summed E-state index contributed by atoms with van der Waals surface area (Å²) in [6.07, 6.45) is 2.21. The first-order valence-electron chi connectivity index (χ1n) is 7.55. The molecule has 1 aromatic carbocycles. The van der Waals surface area contributed by atoms with Crippen LogP contribution in [-0.2, 0) is 14.3 Å². The highest BCUT2D eigenvalue weighted by molar-refractivity contribution is 9.10. The van der Waals surface area contributed by atoms with Gasteiger partial charge in [0, 0.05) is 10.4 Å². The van der Waals surface area contributed by atoms with Crippen molar-refractivity contribution >= 4 is 33.7 Å². The van der Waals surface area contributed by atoms with Gasteiger partial charge in [0.05, 0.1) is 18.6 Å². The minimum atomic E-state index is -0.725. The molecule has 0 atom stereocenters. The average molecular weight is 401 g/mol. The third kappa shape index (κ3) is 4.53. The highest BCUT2D eigenvalue weighted by atomic mass is 79.9. The van der Waals surface area contributed by atoms with Crippen LogP contribution in [0.1, 0.15) is 36.0 Å². The Balaban J connectivity index is 1.83. The molecule has 0 bridgehead atoms. The Kier molecular flexibility index (Phi) is 6.30. The average Bonchev–Trinajstić information content (AvgIpc) is 2.58. The van der Waals surface area contributed by atoms with Crippen molar-refractivity contribution in [2.24, 2.45) is 11.8 Å². The van der Waals surface area contributed by atoms with Crippen molar-refractivity contribution in [1.29, 1.82) is 0 Å². The van der Waals surface area contributed by atoms with Gasteiger partial charge in [-0.1, -0.05) is 15.9 Å². The summed E-state index contributed by atoms with van der Waals surface area (Å²) in [6, 6.07) is 4.03. The van der Waals surface area contributed by atoms with Crippen molar-refractivity contribution in [3.05, 3.63) is 34.1 Å². The Labute approximate surface area is 147 Å². The maximum Gasteiger partial charge on any atom is 0.308 e. The third-order valence-electron chi connectivity index (χ3n) is 4.11. The molecule has 1 aliphatic carbocycles. The topological polar surface area (TPSA) is 84.5 Å². The van der Waals surface area contributed by atoms with Gasteiger partial charge in [-0.05, 0) is 43.9 Å². The summed E-state index contributed by atoms with van der Waals surface area (Å²) in [5.41, 5.74) is 4.37. The van der Waals surface area contributed by atoms with Crippen molar-refractivity contribution in [1.82, 2.24) is 10.9 Å². The number of amides is 2. The van der Waals surface area contributed by atoms with Crippen LogP contribution < -0.4 is 10.9 Å². The Morgan fingerprint density at radius 2 is 1.75 bits per heavy atom. The van der Waals surface area contributed by atoms with E-state index in [1.165, 1.54) is 25.3 Å². The van der Waals surface area contributed by atoms with Gasteiger partial charge in [-0.2, -0.15) is 0 Å². The summed E-state index contributed by atoms with van der Waals surface area (Å²) >= 11 is 3.11. The molecule has 2 N–H and O–H groups in total. The minimum Gasteiger partial charge on any atom is -0.469 e.